The summed E-state index contributed by atoms with van der Waals surface area (Å²) in [5, 5.41) is 0. The Labute approximate surface area is 133 Å². The van der Waals surface area contributed by atoms with E-state index in [2.05, 4.69) is 4.90 Å². The van der Waals surface area contributed by atoms with Gasteiger partial charge in [-0.2, -0.15) is 0 Å². The van der Waals surface area contributed by atoms with Crippen molar-refractivity contribution >= 4 is 11.8 Å². The second kappa shape index (κ2) is 5.86. The van der Waals surface area contributed by atoms with E-state index in [0.717, 1.165) is 32.2 Å². The summed E-state index contributed by atoms with van der Waals surface area (Å²) >= 11 is 0. The maximum atomic E-state index is 13.1. The second-order valence-corrected chi connectivity index (χ2v) is 7.81. The van der Waals surface area contributed by atoms with Crippen LogP contribution in [0.15, 0.2) is 0 Å². The van der Waals surface area contributed by atoms with Gasteiger partial charge in [0.05, 0.1) is 5.92 Å². The average Bonchev–Trinajstić information content (AvgIpc) is 3.47. The van der Waals surface area contributed by atoms with Gasteiger partial charge in [0.1, 0.15) is 0 Å². The van der Waals surface area contributed by atoms with Gasteiger partial charge in [0.15, 0.2) is 0 Å². The number of likely N-dealkylation sites (tertiary alicyclic amines) is 1. The Morgan fingerprint density at radius 3 is 2.09 bits per heavy atom. The number of hydrogen-bond donors (Lipinski definition) is 0. The van der Waals surface area contributed by atoms with Crippen molar-refractivity contribution in [3.63, 3.8) is 0 Å². The SMILES string of the molecule is O=C(C1CC1)N1CCC[C@@H](C(=O)N(C2CCCC2)C2CC2)C1. The average molecular weight is 304 g/mol. The molecule has 4 fully saturated rings. The van der Waals surface area contributed by atoms with Crippen LogP contribution in [0.3, 0.4) is 0 Å². The highest BCUT2D eigenvalue weighted by Gasteiger charge is 2.43. The molecule has 4 rings (SSSR count). The number of amides is 2. The van der Waals surface area contributed by atoms with Crippen LogP contribution in [0.1, 0.15) is 64.2 Å². The van der Waals surface area contributed by atoms with Crippen LogP contribution in [0, 0.1) is 11.8 Å². The van der Waals surface area contributed by atoms with E-state index in [-0.39, 0.29) is 11.8 Å². The predicted molar refractivity (Wildman–Crippen MR) is 84.2 cm³/mol. The summed E-state index contributed by atoms with van der Waals surface area (Å²) in [5.41, 5.74) is 0. The van der Waals surface area contributed by atoms with Crippen molar-refractivity contribution in [2.75, 3.05) is 13.1 Å². The predicted octanol–water partition coefficient (Wildman–Crippen LogP) is 2.57. The Balaban J connectivity index is 1.42. The molecule has 1 saturated heterocycles. The van der Waals surface area contributed by atoms with Crippen LogP contribution < -0.4 is 0 Å². The highest BCUT2D eigenvalue weighted by molar-refractivity contribution is 5.84. The molecule has 0 aromatic carbocycles. The van der Waals surface area contributed by atoms with Gasteiger partial charge in [-0.05, 0) is 51.4 Å². The molecule has 0 aromatic heterocycles. The molecule has 1 heterocycles. The van der Waals surface area contributed by atoms with Gasteiger partial charge >= 0.3 is 0 Å². The molecule has 0 bridgehead atoms. The molecule has 0 aromatic rings. The Morgan fingerprint density at radius 1 is 0.773 bits per heavy atom. The first-order chi connectivity index (χ1) is 10.7. The Morgan fingerprint density at radius 2 is 1.45 bits per heavy atom. The third-order valence-electron chi connectivity index (χ3n) is 5.92. The molecule has 4 heteroatoms. The zero-order valence-corrected chi connectivity index (χ0v) is 13.5. The van der Waals surface area contributed by atoms with Gasteiger partial charge in [-0.25, -0.2) is 0 Å². The zero-order valence-electron chi connectivity index (χ0n) is 13.5. The lowest BCUT2D eigenvalue weighted by atomic mass is 9.95. The lowest BCUT2D eigenvalue weighted by Crippen LogP contribution is -2.50. The molecule has 0 spiro atoms. The van der Waals surface area contributed by atoms with Gasteiger partial charge < -0.3 is 9.80 Å². The fraction of sp³-hybridized carbons (Fsp3) is 0.889. The van der Waals surface area contributed by atoms with Crippen molar-refractivity contribution in [2.45, 2.75) is 76.3 Å². The summed E-state index contributed by atoms with van der Waals surface area (Å²) in [5.74, 6) is 1.03. The number of carbonyl (C=O) groups excluding carboxylic acids is 2. The third-order valence-corrected chi connectivity index (χ3v) is 5.92. The molecule has 122 valence electrons. The minimum atomic E-state index is 0.0673. The van der Waals surface area contributed by atoms with Crippen molar-refractivity contribution in [3.05, 3.63) is 0 Å². The molecule has 0 N–H and O–H groups in total. The highest BCUT2D eigenvalue weighted by Crippen LogP contribution is 2.37. The number of nitrogens with zero attached hydrogens (tertiary/aromatic N) is 2. The summed E-state index contributed by atoms with van der Waals surface area (Å²) in [6, 6.07) is 1.01. The normalized spacial score (nSPS) is 29.6. The molecule has 3 aliphatic carbocycles. The zero-order chi connectivity index (χ0) is 15.1. The van der Waals surface area contributed by atoms with Gasteiger partial charge in [-0.15, -0.1) is 0 Å². The van der Waals surface area contributed by atoms with E-state index in [0.29, 0.717) is 30.4 Å². The quantitative estimate of drug-likeness (QED) is 0.801. The van der Waals surface area contributed by atoms with Gasteiger partial charge in [0.2, 0.25) is 11.8 Å². The first-order valence-corrected chi connectivity index (χ1v) is 9.35. The van der Waals surface area contributed by atoms with Crippen LogP contribution >= 0.6 is 0 Å². The van der Waals surface area contributed by atoms with Crippen molar-refractivity contribution < 1.29 is 9.59 Å². The van der Waals surface area contributed by atoms with E-state index < -0.39 is 0 Å². The van der Waals surface area contributed by atoms with Gasteiger partial charge in [0, 0.05) is 31.1 Å². The summed E-state index contributed by atoms with van der Waals surface area (Å²) < 4.78 is 0. The highest BCUT2D eigenvalue weighted by atomic mass is 16.2. The molecule has 3 saturated carbocycles. The van der Waals surface area contributed by atoms with Gasteiger partial charge in [0.25, 0.3) is 0 Å². The van der Waals surface area contributed by atoms with Crippen LogP contribution in [0.2, 0.25) is 0 Å². The van der Waals surface area contributed by atoms with E-state index >= 15 is 0 Å². The van der Waals surface area contributed by atoms with Crippen molar-refractivity contribution in [3.8, 4) is 0 Å². The molecule has 0 radical (unpaired) electrons. The van der Waals surface area contributed by atoms with E-state index in [1.165, 1.54) is 38.5 Å². The van der Waals surface area contributed by atoms with E-state index in [1.807, 2.05) is 4.90 Å². The van der Waals surface area contributed by atoms with Crippen LogP contribution in [0.25, 0.3) is 0 Å². The number of carbonyl (C=O) groups is 2. The van der Waals surface area contributed by atoms with Crippen LogP contribution in [-0.4, -0.2) is 46.8 Å². The molecule has 1 aliphatic heterocycles. The molecule has 22 heavy (non-hydrogen) atoms. The van der Waals surface area contributed by atoms with Gasteiger partial charge in [-0.3, -0.25) is 9.59 Å². The first kappa shape index (κ1) is 14.5. The smallest absolute Gasteiger partial charge is 0.227 e. The largest absolute Gasteiger partial charge is 0.342 e. The summed E-state index contributed by atoms with van der Waals surface area (Å²) in [7, 11) is 0. The number of piperidine rings is 1. The molecule has 4 nitrogen and oxygen atoms in total. The van der Waals surface area contributed by atoms with Crippen LogP contribution in [0.5, 0.6) is 0 Å². The van der Waals surface area contributed by atoms with E-state index in [9.17, 15) is 9.59 Å². The molecule has 2 amide bonds. The van der Waals surface area contributed by atoms with Crippen molar-refractivity contribution in [1.29, 1.82) is 0 Å². The molecule has 1 atom stereocenters. The minimum Gasteiger partial charge on any atom is -0.342 e. The number of hydrogen-bond acceptors (Lipinski definition) is 2. The minimum absolute atomic E-state index is 0.0673. The van der Waals surface area contributed by atoms with Crippen LogP contribution in [0.4, 0.5) is 0 Å². The van der Waals surface area contributed by atoms with Crippen molar-refractivity contribution in [1.82, 2.24) is 9.80 Å². The molecular weight excluding hydrogens is 276 g/mol. The summed E-state index contributed by atoms with van der Waals surface area (Å²) in [6.45, 7) is 1.55. The maximum absolute atomic E-state index is 13.1. The topological polar surface area (TPSA) is 40.6 Å². The molecule has 4 aliphatic rings. The number of rotatable bonds is 4. The van der Waals surface area contributed by atoms with Crippen LogP contribution in [-0.2, 0) is 9.59 Å². The second-order valence-electron chi connectivity index (χ2n) is 7.81. The molecule has 0 unspecified atom stereocenters. The Kier molecular flexibility index (Phi) is 3.87. The first-order valence-electron chi connectivity index (χ1n) is 9.35. The van der Waals surface area contributed by atoms with E-state index in [1.54, 1.807) is 0 Å². The van der Waals surface area contributed by atoms with Crippen molar-refractivity contribution in [2.24, 2.45) is 11.8 Å². The van der Waals surface area contributed by atoms with Gasteiger partial charge in [-0.1, -0.05) is 12.8 Å². The molecular formula is C18H28N2O2. The lowest BCUT2D eigenvalue weighted by molar-refractivity contribution is -0.143. The van der Waals surface area contributed by atoms with E-state index in [4.69, 9.17) is 0 Å². The fourth-order valence-electron chi connectivity index (χ4n) is 4.37. The summed E-state index contributed by atoms with van der Waals surface area (Å²) in [4.78, 5) is 29.7. The monoisotopic (exact) mass is 304 g/mol. The standard InChI is InChI=1S/C18H28N2O2/c21-17(13-7-8-13)19-11-3-4-14(12-19)18(22)20(16-9-10-16)15-5-1-2-6-15/h13-16H,1-12H2/t14-/m1/s1. The maximum Gasteiger partial charge on any atom is 0.227 e. The lowest BCUT2D eigenvalue weighted by Gasteiger charge is -2.37. The summed E-state index contributed by atoms with van der Waals surface area (Å²) in [6.07, 6.45) is 11.4. The fourth-order valence-corrected chi connectivity index (χ4v) is 4.37. The Hall–Kier alpha value is -1.06. The third kappa shape index (κ3) is 2.89. The Bertz CT molecular complexity index is 450.